The normalized spacial score (nSPS) is 16.3. The molecule has 1 aromatic carbocycles. The number of sulfonamides is 1. The van der Waals surface area contributed by atoms with E-state index in [2.05, 4.69) is 9.88 Å². The average Bonchev–Trinajstić information content (AvgIpc) is 2.90. The van der Waals surface area contributed by atoms with Crippen molar-refractivity contribution < 1.29 is 12.8 Å². The van der Waals surface area contributed by atoms with Crippen LogP contribution in [0.2, 0.25) is 0 Å². The SMILES string of the molecule is Cc1nc(C)c(Cc2cccc(F)c2)c(N2CCCN(S(=O)(=O)C(C)C)CC2)n1. The van der Waals surface area contributed by atoms with Crippen LogP contribution in [0, 0.1) is 19.7 Å². The first-order valence-corrected chi connectivity index (χ1v) is 11.5. The highest BCUT2D eigenvalue weighted by atomic mass is 32.2. The summed E-state index contributed by atoms with van der Waals surface area (Å²) in [6.45, 7) is 9.46. The molecule has 1 fully saturated rings. The fraction of sp³-hybridized carbons (Fsp3) is 0.524. The van der Waals surface area contributed by atoms with Crippen LogP contribution in [0.3, 0.4) is 0 Å². The Morgan fingerprint density at radius 1 is 1.10 bits per heavy atom. The zero-order valence-electron chi connectivity index (χ0n) is 17.5. The third-order valence-corrected chi connectivity index (χ3v) is 7.56. The number of aryl methyl sites for hydroxylation is 2. The second kappa shape index (κ2) is 8.75. The van der Waals surface area contributed by atoms with Crippen molar-refractivity contribution in [1.82, 2.24) is 14.3 Å². The van der Waals surface area contributed by atoms with Gasteiger partial charge < -0.3 is 4.90 Å². The molecule has 29 heavy (non-hydrogen) atoms. The Morgan fingerprint density at radius 3 is 2.55 bits per heavy atom. The van der Waals surface area contributed by atoms with E-state index >= 15 is 0 Å². The molecule has 158 valence electrons. The highest BCUT2D eigenvalue weighted by Crippen LogP contribution is 2.26. The molecule has 1 saturated heterocycles. The topological polar surface area (TPSA) is 66.4 Å². The molecule has 0 atom stereocenters. The molecule has 0 bridgehead atoms. The third-order valence-electron chi connectivity index (χ3n) is 5.28. The summed E-state index contributed by atoms with van der Waals surface area (Å²) in [4.78, 5) is 11.3. The average molecular weight is 421 g/mol. The van der Waals surface area contributed by atoms with Gasteiger partial charge in [-0.05, 0) is 51.8 Å². The van der Waals surface area contributed by atoms with Gasteiger partial charge in [-0.15, -0.1) is 0 Å². The predicted molar refractivity (Wildman–Crippen MR) is 113 cm³/mol. The molecule has 1 aliphatic rings. The highest BCUT2D eigenvalue weighted by Gasteiger charge is 2.29. The van der Waals surface area contributed by atoms with Crippen LogP contribution in [-0.4, -0.2) is 54.1 Å². The Morgan fingerprint density at radius 2 is 1.86 bits per heavy atom. The van der Waals surface area contributed by atoms with Crippen molar-refractivity contribution in [1.29, 1.82) is 0 Å². The van der Waals surface area contributed by atoms with Crippen molar-refractivity contribution in [3.8, 4) is 0 Å². The molecule has 0 N–H and O–H groups in total. The molecule has 8 heteroatoms. The summed E-state index contributed by atoms with van der Waals surface area (Å²) >= 11 is 0. The lowest BCUT2D eigenvalue weighted by Gasteiger charge is -2.26. The Hall–Kier alpha value is -2.06. The van der Waals surface area contributed by atoms with Gasteiger partial charge in [0.25, 0.3) is 0 Å². The molecule has 3 rings (SSSR count). The molecular weight excluding hydrogens is 391 g/mol. The first-order valence-electron chi connectivity index (χ1n) is 10.0. The van der Waals surface area contributed by atoms with E-state index < -0.39 is 15.3 Å². The molecule has 6 nitrogen and oxygen atoms in total. The van der Waals surface area contributed by atoms with Crippen LogP contribution < -0.4 is 4.90 Å². The number of benzene rings is 1. The maximum absolute atomic E-state index is 13.7. The number of hydrogen-bond acceptors (Lipinski definition) is 5. The van der Waals surface area contributed by atoms with Gasteiger partial charge in [-0.25, -0.2) is 22.8 Å². The molecule has 1 aliphatic heterocycles. The molecule has 2 heterocycles. The Kier molecular flexibility index (Phi) is 6.53. The molecule has 0 aliphatic carbocycles. The fourth-order valence-electron chi connectivity index (χ4n) is 3.70. The van der Waals surface area contributed by atoms with Gasteiger partial charge in [0.15, 0.2) is 0 Å². The van der Waals surface area contributed by atoms with E-state index in [4.69, 9.17) is 4.98 Å². The smallest absolute Gasteiger partial charge is 0.216 e. The zero-order chi connectivity index (χ0) is 21.2. The van der Waals surface area contributed by atoms with Gasteiger partial charge in [0, 0.05) is 43.9 Å². The summed E-state index contributed by atoms with van der Waals surface area (Å²) in [5, 5.41) is -0.430. The van der Waals surface area contributed by atoms with Crippen LogP contribution >= 0.6 is 0 Å². The second-order valence-electron chi connectivity index (χ2n) is 7.80. The predicted octanol–water partition coefficient (Wildman–Crippen LogP) is 3.07. The summed E-state index contributed by atoms with van der Waals surface area (Å²) in [7, 11) is -3.28. The number of aromatic nitrogens is 2. The van der Waals surface area contributed by atoms with Gasteiger partial charge in [-0.3, -0.25) is 0 Å². The minimum atomic E-state index is -3.28. The molecule has 0 amide bonds. The van der Waals surface area contributed by atoms with Crippen molar-refractivity contribution in [3.05, 3.63) is 52.7 Å². The van der Waals surface area contributed by atoms with E-state index in [1.165, 1.54) is 12.1 Å². The summed E-state index contributed by atoms with van der Waals surface area (Å²) < 4.78 is 40.4. The lowest BCUT2D eigenvalue weighted by Crippen LogP contribution is -2.39. The quantitative estimate of drug-likeness (QED) is 0.744. The first kappa shape index (κ1) is 21.6. The molecule has 1 aromatic heterocycles. The van der Waals surface area contributed by atoms with Crippen molar-refractivity contribution in [3.63, 3.8) is 0 Å². The monoisotopic (exact) mass is 420 g/mol. The van der Waals surface area contributed by atoms with Crippen LogP contribution in [0.15, 0.2) is 24.3 Å². The summed E-state index contributed by atoms with van der Waals surface area (Å²) in [6, 6.07) is 6.56. The summed E-state index contributed by atoms with van der Waals surface area (Å²) in [5.74, 6) is 1.23. The lowest BCUT2D eigenvalue weighted by molar-refractivity contribution is 0.427. The third kappa shape index (κ3) is 4.93. The Bertz CT molecular complexity index is 979. The van der Waals surface area contributed by atoms with Crippen LogP contribution in [-0.2, 0) is 16.4 Å². The minimum absolute atomic E-state index is 0.265. The van der Waals surface area contributed by atoms with Crippen molar-refractivity contribution in [2.45, 2.75) is 45.8 Å². The van der Waals surface area contributed by atoms with Gasteiger partial charge >= 0.3 is 0 Å². The molecule has 0 radical (unpaired) electrons. The second-order valence-corrected chi connectivity index (χ2v) is 10.3. The molecule has 0 spiro atoms. The van der Waals surface area contributed by atoms with Crippen LogP contribution in [0.1, 0.15) is 42.9 Å². The van der Waals surface area contributed by atoms with Crippen molar-refractivity contribution in [2.24, 2.45) is 0 Å². The number of rotatable bonds is 5. The first-order chi connectivity index (χ1) is 13.7. The molecular formula is C21H29FN4O2S. The van der Waals surface area contributed by atoms with Crippen LogP contribution in [0.25, 0.3) is 0 Å². The van der Waals surface area contributed by atoms with Gasteiger partial charge in [0.2, 0.25) is 10.0 Å². The van der Waals surface area contributed by atoms with Gasteiger partial charge in [-0.2, -0.15) is 4.31 Å². The van der Waals surface area contributed by atoms with E-state index in [1.54, 1.807) is 24.2 Å². The maximum Gasteiger partial charge on any atom is 0.216 e. The summed E-state index contributed by atoms with van der Waals surface area (Å²) in [5.41, 5.74) is 2.69. The van der Waals surface area contributed by atoms with Gasteiger partial charge in [0.05, 0.1) is 5.25 Å². The highest BCUT2D eigenvalue weighted by molar-refractivity contribution is 7.89. The van der Waals surface area contributed by atoms with Crippen molar-refractivity contribution >= 4 is 15.8 Å². The van der Waals surface area contributed by atoms with Gasteiger partial charge in [0.1, 0.15) is 17.5 Å². The largest absolute Gasteiger partial charge is 0.355 e. The Labute approximate surface area is 172 Å². The van der Waals surface area contributed by atoms with Crippen LogP contribution in [0.5, 0.6) is 0 Å². The Balaban J connectivity index is 1.90. The van der Waals surface area contributed by atoms with E-state index in [-0.39, 0.29) is 5.82 Å². The van der Waals surface area contributed by atoms with E-state index in [1.807, 2.05) is 19.9 Å². The van der Waals surface area contributed by atoms with Crippen molar-refractivity contribution in [2.75, 3.05) is 31.1 Å². The number of halogens is 1. The lowest BCUT2D eigenvalue weighted by atomic mass is 10.0. The van der Waals surface area contributed by atoms with E-state index in [9.17, 15) is 12.8 Å². The molecule has 0 saturated carbocycles. The van der Waals surface area contributed by atoms with Crippen LogP contribution in [0.4, 0.5) is 10.2 Å². The number of nitrogens with zero attached hydrogens (tertiary/aromatic N) is 4. The minimum Gasteiger partial charge on any atom is -0.355 e. The molecule has 0 unspecified atom stereocenters. The zero-order valence-corrected chi connectivity index (χ0v) is 18.3. The number of anilines is 1. The standard InChI is InChI=1S/C21H29FN4O2S/c1-15(2)29(27,28)26-10-6-9-25(11-12-26)21-20(16(3)23-17(4)24-21)14-18-7-5-8-19(22)13-18/h5,7-8,13,15H,6,9-12,14H2,1-4H3. The summed E-state index contributed by atoms with van der Waals surface area (Å²) in [6.07, 6.45) is 1.26. The fourth-order valence-corrected chi connectivity index (χ4v) is 5.01. The van der Waals surface area contributed by atoms with Gasteiger partial charge in [-0.1, -0.05) is 12.1 Å². The van der Waals surface area contributed by atoms with E-state index in [0.717, 1.165) is 35.6 Å². The number of hydrogen-bond donors (Lipinski definition) is 0. The maximum atomic E-state index is 13.7. The van der Waals surface area contributed by atoms with E-state index in [0.29, 0.717) is 31.9 Å². The molecule has 2 aromatic rings.